The summed E-state index contributed by atoms with van der Waals surface area (Å²) < 4.78 is 13.3. The average Bonchev–Trinajstić information content (AvgIpc) is 1.85. The molecule has 0 amide bonds. The van der Waals surface area contributed by atoms with Crippen molar-refractivity contribution in [3.05, 3.63) is 28.5 Å². The van der Waals surface area contributed by atoms with Crippen LogP contribution in [0.2, 0.25) is 0 Å². The van der Waals surface area contributed by atoms with Gasteiger partial charge in [-0.15, -0.1) is 24.0 Å². The van der Waals surface area contributed by atoms with Crippen molar-refractivity contribution in [1.82, 2.24) is 0 Å². The Morgan fingerprint density at radius 3 is 2.45 bits per heavy atom. The van der Waals surface area contributed by atoms with Crippen LogP contribution in [0.5, 0.6) is 0 Å². The maximum Gasteiger partial charge on any atom is 0.126 e. The van der Waals surface area contributed by atoms with Crippen molar-refractivity contribution in [2.24, 2.45) is 0 Å². The van der Waals surface area contributed by atoms with E-state index in [1.165, 1.54) is 12.1 Å². The Morgan fingerprint density at radius 1 is 1.36 bits per heavy atom. The molecule has 1 nitrogen and oxygen atoms in total. The average molecular weight is 332 g/mol. The molecule has 0 unspecified atom stereocenters. The highest BCUT2D eigenvalue weighted by Crippen LogP contribution is 2.17. The van der Waals surface area contributed by atoms with Crippen molar-refractivity contribution in [3.8, 4) is 0 Å². The molecule has 0 bridgehead atoms. The van der Waals surface area contributed by atoms with Gasteiger partial charge in [-0.25, -0.2) is 4.39 Å². The standard InChI is InChI=1S/C7H7BrFN.HI/c1-10-7-3-5(8)2-6(9)4-7;/h2-4,10H,1H3;1H. The normalized spacial score (nSPS) is 8.64. The summed E-state index contributed by atoms with van der Waals surface area (Å²) in [5.74, 6) is -0.237. The lowest BCUT2D eigenvalue weighted by atomic mass is 10.3. The van der Waals surface area contributed by atoms with E-state index in [1.807, 2.05) is 6.07 Å². The van der Waals surface area contributed by atoms with Crippen LogP contribution >= 0.6 is 39.9 Å². The summed E-state index contributed by atoms with van der Waals surface area (Å²) in [5.41, 5.74) is 0.770. The summed E-state index contributed by atoms with van der Waals surface area (Å²) in [6, 6.07) is 4.66. The van der Waals surface area contributed by atoms with Gasteiger partial charge in [0.05, 0.1) is 0 Å². The van der Waals surface area contributed by atoms with E-state index in [2.05, 4.69) is 21.2 Å². The van der Waals surface area contributed by atoms with Gasteiger partial charge < -0.3 is 5.32 Å². The summed E-state index contributed by atoms with van der Waals surface area (Å²) in [5, 5.41) is 2.84. The highest BCUT2D eigenvalue weighted by atomic mass is 127. The van der Waals surface area contributed by atoms with Crippen LogP contribution in [0.15, 0.2) is 22.7 Å². The Kier molecular flexibility index (Phi) is 4.99. The van der Waals surface area contributed by atoms with Gasteiger partial charge in [-0.1, -0.05) is 15.9 Å². The van der Waals surface area contributed by atoms with Gasteiger partial charge in [0.2, 0.25) is 0 Å². The molecule has 4 heteroatoms. The van der Waals surface area contributed by atoms with Gasteiger partial charge in [-0.2, -0.15) is 0 Å². The number of hydrogen-bond donors (Lipinski definition) is 1. The van der Waals surface area contributed by atoms with E-state index >= 15 is 0 Å². The van der Waals surface area contributed by atoms with Crippen LogP contribution < -0.4 is 5.32 Å². The van der Waals surface area contributed by atoms with E-state index in [9.17, 15) is 4.39 Å². The molecule has 1 rings (SSSR count). The van der Waals surface area contributed by atoms with Gasteiger partial charge in [0.1, 0.15) is 5.82 Å². The van der Waals surface area contributed by atoms with Gasteiger partial charge in [0.15, 0.2) is 0 Å². The van der Waals surface area contributed by atoms with Gasteiger partial charge in [0, 0.05) is 17.2 Å². The third kappa shape index (κ3) is 3.37. The first-order valence-electron chi connectivity index (χ1n) is 2.86. The minimum Gasteiger partial charge on any atom is -0.388 e. The zero-order valence-corrected chi connectivity index (χ0v) is 9.81. The van der Waals surface area contributed by atoms with Gasteiger partial charge in [-0.05, 0) is 18.2 Å². The lowest BCUT2D eigenvalue weighted by molar-refractivity contribution is 0.627. The molecule has 0 saturated heterocycles. The predicted octanol–water partition coefficient (Wildman–Crippen LogP) is 3.25. The molecule has 1 aromatic rings. The second-order valence-electron chi connectivity index (χ2n) is 1.91. The van der Waals surface area contributed by atoms with E-state index in [4.69, 9.17) is 0 Å². The topological polar surface area (TPSA) is 12.0 Å². The summed E-state index contributed by atoms with van der Waals surface area (Å²) in [6.07, 6.45) is 0. The summed E-state index contributed by atoms with van der Waals surface area (Å²) in [6.45, 7) is 0. The van der Waals surface area contributed by atoms with Crippen LogP contribution in [0.4, 0.5) is 10.1 Å². The maximum atomic E-state index is 12.5. The molecule has 0 radical (unpaired) electrons. The van der Waals surface area contributed by atoms with Crippen LogP contribution in [-0.2, 0) is 0 Å². The molecule has 0 aliphatic carbocycles. The SMILES string of the molecule is CNc1cc(F)cc(Br)c1.I. The first-order valence-corrected chi connectivity index (χ1v) is 3.65. The van der Waals surface area contributed by atoms with Crippen molar-refractivity contribution >= 4 is 45.6 Å². The minimum atomic E-state index is -0.237. The molecule has 0 spiro atoms. The molecule has 11 heavy (non-hydrogen) atoms. The van der Waals surface area contributed by atoms with Gasteiger partial charge >= 0.3 is 0 Å². The van der Waals surface area contributed by atoms with Crippen LogP contribution in [0, 0.1) is 5.82 Å². The molecular formula is C7H8BrFIN. The fourth-order valence-corrected chi connectivity index (χ4v) is 1.16. The smallest absolute Gasteiger partial charge is 0.126 e. The molecule has 1 N–H and O–H groups in total. The summed E-state index contributed by atoms with van der Waals surface area (Å²) >= 11 is 3.17. The molecule has 1 aromatic carbocycles. The second-order valence-corrected chi connectivity index (χ2v) is 2.82. The van der Waals surface area contributed by atoms with E-state index in [-0.39, 0.29) is 29.8 Å². The Balaban J connectivity index is 0.000001000. The fraction of sp³-hybridized carbons (Fsp3) is 0.143. The molecule has 0 fully saturated rings. The highest BCUT2D eigenvalue weighted by molar-refractivity contribution is 14.0. The van der Waals surface area contributed by atoms with Gasteiger partial charge in [0.25, 0.3) is 0 Å². The molecule has 62 valence electrons. The Bertz CT molecular complexity index is 222. The van der Waals surface area contributed by atoms with Crippen LogP contribution in [-0.4, -0.2) is 7.05 Å². The summed E-state index contributed by atoms with van der Waals surface area (Å²) in [7, 11) is 1.75. The first-order chi connectivity index (χ1) is 4.72. The highest BCUT2D eigenvalue weighted by Gasteiger charge is 1.94. The Morgan fingerprint density at radius 2 is 2.00 bits per heavy atom. The molecule has 0 aliphatic rings. The number of nitrogens with one attached hydrogen (secondary N) is 1. The van der Waals surface area contributed by atoms with Crippen molar-refractivity contribution in [2.75, 3.05) is 12.4 Å². The number of hydrogen-bond acceptors (Lipinski definition) is 1. The maximum absolute atomic E-state index is 12.5. The van der Waals surface area contributed by atoms with Crippen LogP contribution in [0.1, 0.15) is 0 Å². The number of halogens is 3. The zero-order valence-electron chi connectivity index (χ0n) is 5.90. The van der Waals surface area contributed by atoms with Crippen LogP contribution in [0.3, 0.4) is 0 Å². The van der Waals surface area contributed by atoms with Gasteiger partial charge in [-0.3, -0.25) is 0 Å². The third-order valence-corrected chi connectivity index (χ3v) is 1.61. The van der Waals surface area contributed by atoms with Crippen molar-refractivity contribution in [3.63, 3.8) is 0 Å². The number of benzene rings is 1. The first kappa shape index (κ1) is 11.2. The summed E-state index contributed by atoms with van der Waals surface area (Å²) in [4.78, 5) is 0. The molecule has 0 atom stereocenters. The second kappa shape index (κ2) is 4.92. The van der Waals surface area contributed by atoms with Crippen molar-refractivity contribution in [1.29, 1.82) is 0 Å². The number of anilines is 1. The lowest BCUT2D eigenvalue weighted by Crippen LogP contribution is -1.88. The van der Waals surface area contributed by atoms with Crippen LogP contribution in [0.25, 0.3) is 0 Å². The van der Waals surface area contributed by atoms with E-state index < -0.39 is 0 Å². The third-order valence-electron chi connectivity index (χ3n) is 1.15. The quantitative estimate of drug-likeness (QED) is 0.779. The Hall–Kier alpha value is 0.160. The van der Waals surface area contributed by atoms with E-state index in [1.54, 1.807) is 7.05 Å². The number of rotatable bonds is 1. The molecule has 0 saturated carbocycles. The fourth-order valence-electron chi connectivity index (χ4n) is 0.698. The molecule has 0 heterocycles. The molecule has 0 aliphatic heterocycles. The largest absolute Gasteiger partial charge is 0.388 e. The van der Waals surface area contributed by atoms with Crippen molar-refractivity contribution in [2.45, 2.75) is 0 Å². The Labute approximate surface area is 90.5 Å². The van der Waals surface area contributed by atoms with E-state index in [0.29, 0.717) is 0 Å². The van der Waals surface area contributed by atoms with Crippen molar-refractivity contribution < 1.29 is 4.39 Å². The predicted molar refractivity (Wildman–Crippen MR) is 59.1 cm³/mol. The monoisotopic (exact) mass is 331 g/mol. The molecule has 0 aromatic heterocycles. The van der Waals surface area contributed by atoms with E-state index in [0.717, 1.165) is 10.2 Å². The minimum absolute atomic E-state index is 0. The lowest BCUT2D eigenvalue weighted by Gasteiger charge is -1.99. The zero-order chi connectivity index (χ0) is 7.56. The molecular weight excluding hydrogens is 324 g/mol.